The maximum Gasteiger partial charge on any atom is 0.240 e. The molecular weight excluding hydrogens is 318 g/mol. The Morgan fingerprint density at radius 2 is 2.00 bits per heavy atom. The fraction of sp³-hybridized carbons (Fsp3) is 0.182. The van der Waals surface area contributed by atoms with Crippen LogP contribution in [0.4, 0.5) is 0 Å². The van der Waals surface area contributed by atoms with Gasteiger partial charge in [-0.15, -0.1) is 0 Å². The van der Waals surface area contributed by atoms with Crippen molar-refractivity contribution >= 4 is 26.0 Å². The first kappa shape index (κ1) is 13.3. The van der Waals surface area contributed by atoms with Gasteiger partial charge in [-0.05, 0) is 35.0 Å². The van der Waals surface area contributed by atoms with Gasteiger partial charge in [0.25, 0.3) is 0 Å². The van der Waals surface area contributed by atoms with Gasteiger partial charge in [-0.2, -0.15) is 5.10 Å². The molecule has 0 saturated carbocycles. The van der Waals surface area contributed by atoms with Gasteiger partial charge in [0.05, 0.1) is 27.8 Å². The number of sulfonamides is 1. The van der Waals surface area contributed by atoms with Crippen molar-refractivity contribution in [3.63, 3.8) is 0 Å². The molecule has 0 saturated heterocycles. The van der Waals surface area contributed by atoms with Crippen LogP contribution in [0.1, 0.15) is 11.3 Å². The van der Waals surface area contributed by atoms with E-state index in [4.69, 9.17) is 0 Å². The van der Waals surface area contributed by atoms with E-state index in [0.29, 0.717) is 5.69 Å². The Kier molecular flexibility index (Phi) is 3.84. The van der Waals surface area contributed by atoms with Gasteiger partial charge in [0.1, 0.15) is 0 Å². The zero-order valence-corrected chi connectivity index (χ0v) is 12.0. The molecule has 0 aliphatic carbocycles. The highest BCUT2D eigenvalue weighted by molar-refractivity contribution is 9.10. The molecule has 5 nitrogen and oxygen atoms in total. The number of halogens is 1. The maximum atomic E-state index is 12.0. The number of hydrogen-bond donors (Lipinski definition) is 2. The molecule has 0 aliphatic heterocycles. The average molecular weight is 330 g/mol. The number of nitrogens with zero attached hydrogens (tertiary/aromatic N) is 1. The number of H-pyrrole nitrogens is 1. The van der Waals surface area contributed by atoms with Crippen LogP contribution < -0.4 is 4.72 Å². The molecule has 96 valence electrons. The molecule has 0 aliphatic rings. The minimum Gasteiger partial charge on any atom is -0.280 e. The SMILES string of the molecule is Cc1ccc(S(=O)(=O)NCc2[nH]ncc2Br)cc1. The topological polar surface area (TPSA) is 74.8 Å². The van der Waals surface area contributed by atoms with E-state index in [1.54, 1.807) is 30.5 Å². The first-order valence-electron chi connectivity index (χ1n) is 5.23. The van der Waals surface area contributed by atoms with Gasteiger partial charge < -0.3 is 0 Å². The smallest absolute Gasteiger partial charge is 0.240 e. The first-order chi connectivity index (χ1) is 8.49. The van der Waals surface area contributed by atoms with E-state index in [-0.39, 0.29) is 11.4 Å². The van der Waals surface area contributed by atoms with E-state index in [1.807, 2.05) is 6.92 Å². The Morgan fingerprint density at radius 1 is 1.33 bits per heavy atom. The van der Waals surface area contributed by atoms with E-state index in [1.165, 1.54) is 0 Å². The molecule has 0 bridgehead atoms. The van der Waals surface area contributed by atoms with Crippen molar-refractivity contribution in [1.29, 1.82) is 0 Å². The Balaban J connectivity index is 2.13. The summed E-state index contributed by atoms with van der Waals surface area (Å²) in [6.07, 6.45) is 1.58. The van der Waals surface area contributed by atoms with Gasteiger partial charge in [0.15, 0.2) is 0 Å². The lowest BCUT2D eigenvalue weighted by Crippen LogP contribution is -2.23. The normalized spacial score (nSPS) is 11.7. The lowest BCUT2D eigenvalue weighted by Gasteiger charge is -2.06. The number of nitrogens with one attached hydrogen (secondary N) is 2. The molecule has 0 fully saturated rings. The van der Waals surface area contributed by atoms with Crippen LogP contribution in [0.2, 0.25) is 0 Å². The summed E-state index contributed by atoms with van der Waals surface area (Å²) in [6, 6.07) is 6.70. The Morgan fingerprint density at radius 3 is 2.56 bits per heavy atom. The van der Waals surface area contributed by atoms with Gasteiger partial charge in [0, 0.05) is 0 Å². The molecule has 0 radical (unpaired) electrons. The van der Waals surface area contributed by atoms with Crippen molar-refractivity contribution in [2.24, 2.45) is 0 Å². The highest BCUT2D eigenvalue weighted by atomic mass is 79.9. The number of aryl methyl sites for hydroxylation is 1. The first-order valence-corrected chi connectivity index (χ1v) is 7.51. The Bertz CT molecular complexity index is 635. The van der Waals surface area contributed by atoms with Crippen molar-refractivity contribution in [3.05, 3.63) is 46.2 Å². The van der Waals surface area contributed by atoms with Gasteiger partial charge in [0.2, 0.25) is 10.0 Å². The second kappa shape index (κ2) is 5.21. The van der Waals surface area contributed by atoms with Gasteiger partial charge >= 0.3 is 0 Å². The van der Waals surface area contributed by atoms with E-state index in [9.17, 15) is 8.42 Å². The quantitative estimate of drug-likeness (QED) is 0.900. The molecule has 2 rings (SSSR count). The van der Waals surface area contributed by atoms with Gasteiger partial charge in [-0.1, -0.05) is 17.7 Å². The summed E-state index contributed by atoms with van der Waals surface area (Å²) in [6.45, 7) is 2.07. The molecule has 1 aromatic carbocycles. The van der Waals surface area contributed by atoms with Crippen LogP contribution in [0, 0.1) is 6.92 Å². The highest BCUT2D eigenvalue weighted by Crippen LogP contribution is 2.14. The van der Waals surface area contributed by atoms with Crippen LogP contribution in [-0.4, -0.2) is 18.6 Å². The molecule has 2 N–H and O–H groups in total. The summed E-state index contributed by atoms with van der Waals surface area (Å²) >= 11 is 3.27. The molecular formula is C11H12BrN3O2S. The third kappa shape index (κ3) is 2.98. The van der Waals surface area contributed by atoms with Crippen LogP contribution in [0.3, 0.4) is 0 Å². The van der Waals surface area contributed by atoms with Crippen molar-refractivity contribution < 1.29 is 8.42 Å². The van der Waals surface area contributed by atoms with Crippen LogP contribution >= 0.6 is 15.9 Å². The van der Waals surface area contributed by atoms with Crippen LogP contribution in [0.5, 0.6) is 0 Å². The number of hydrogen-bond acceptors (Lipinski definition) is 3. The summed E-state index contributed by atoms with van der Waals surface area (Å²) in [5, 5.41) is 6.51. The fourth-order valence-electron chi connectivity index (χ4n) is 1.39. The Hall–Kier alpha value is -1.18. The van der Waals surface area contributed by atoms with Crippen molar-refractivity contribution in [2.75, 3.05) is 0 Å². The van der Waals surface area contributed by atoms with Gasteiger partial charge in [-0.25, -0.2) is 13.1 Å². The zero-order valence-electron chi connectivity index (χ0n) is 9.64. The maximum absolute atomic E-state index is 12.0. The van der Waals surface area contributed by atoms with E-state index < -0.39 is 10.0 Å². The summed E-state index contributed by atoms with van der Waals surface area (Å²) in [7, 11) is -3.49. The largest absolute Gasteiger partial charge is 0.280 e. The van der Waals surface area contributed by atoms with Gasteiger partial charge in [-0.3, -0.25) is 5.10 Å². The predicted molar refractivity (Wildman–Crippen MR) is 71.5 cm³/mol. The zero-order chi connectivity index (χ0) is 13.2. The molecule has 7 heteroatoms. The van der Waals surface area contributed by atoms with Crippen molar-refractivity contribution in [1.82, 2.24) is 14.9 Å². The van der Waals surface area contributed by atoms with E-state index in [0.717, 1.165) is 10.0 Å². The lowest BCUT2D eigenvalue weighted by atomic mass is 10.2. The molecule has 18 heavy (non-hydrogen) atoms. The molecule has 0 unspecified atom stereocenters. The summed E-state index contributed by atoms with van der Waals surface area (Å²) in [5.74, 6) is 0. The van der Waals surface area contributed by atoms with E-state index in [2.05, 4.69) is 30.8 Å². The highest BCUT2D eigenvalue weighted by Gasteiger charge is 2.14. The summed E-state index contributed by atoms with van der Waals surface area (Å²) in [5.41, 5.74) is 1.70. The Labute approximate surface area is 114 Å². The summed E-state index contributed by atoms with van der Waals surface area (Å²) in [4.78, 5) is 0.253. The van der Waals surface area contributed by atoms with Crippen LogP contribution in [0.25, 0.3) is 0 Å². The summed E-state index contributed by atoms with van der Waals surface area (Å²) < 4.78 is 27.2. The minimum atomic E-state index is -3.49. The third-order valence-corrected chi connectivity index (χ3v) is 4.54. The minimum absolute atomic E-state index is 0.163. The standard InChI is InChI=1S/C11H12BrN3O2S/c1-8-2-4-9(5-3-8)18(16,17)14-7-11-10(12)6-13-15-11/h2-6,14H,7H2,1H3,(H,13,15). The monoisotopic (exact) mass is 329 g/mol. The molecule has 0 atom stereocenters. The third-order valence-electron chi connectivity index (χ3n) is 2.44. The molecule has 0 amide bonds. The number of aromatic amines is 1. The molecule has 2 aromatic rings. The van der Waals surface area contributed by atoms with Crippen LogP contribution in [0.15, 0.2) is 39.8 Å². The number of rotatable bonds is 4. The average Bonchev–Trinajstić information content (AvgIpc) is 2.73. The van der Waals surface area contributed by atoms with Crippen molar-refractivity contribution in [2.45, 2.75) is 18.4 Å². The number of aromatic nitrogens is 2. The number of benzene rings is 1. The van der Waals surface area contributed by atoms with E-state index >= 15 is 0 Å². The lowest BCUT2D eigenvalue weighted by molar-refractivity contribution is 0.580. The predicted octanol–water partition coefficient (Wildman–Crippen LogP) is 1.96. The van der Waals surface area contributed by atoms with Crippen LogP contribution in [-0.2, 0) is 16.6 Å². The van der Waals surface area contributed by atoms with Crippen molar-refractivity contribution in [3.8, 4) is 0 Å². The molecule has 1 heterocycles. The molecule has 0 spiro atoms. The fourth-order valence-corrected chi connectivity index (χ4v) is 2.72. The molecule has 1 aromatic heterocycles. The second-order valence-corrected chi connectivity index (χ2v) is 6.46. The second-order valence-electron chi connectivity index (χ2n) is 3.83.